The van der Waals surface area contributed by atoms with Crippen molar-refractivity contribution in [3.8, 4) is 11.4 Å². The molecule has 0 saturated heterocycles. The zero-order valence-corrected chi connectivity index (χ0v) is 9.96. The molecule has 0 atom stereocenters. The lowest BCUT2D eigenvalue weighted by molar-refractivity contribution is -0.141. The van der Waals surface area contributed by atoms with Crippen molar-refractivity contribution in [2.24, 2.45) is 0 Å². The second-order valence-electron chi connectivity index (χ2n) is 3.93. The van der Waals surface area contributed by atoms with Gasteiger partial charge >= 0.3 is 12.4 Å². The molecule has 0 spiro atoms. The molecule has 2 aromatic rings. The summed E-state index contributed by atoms with van der Waals surface area (Å²) in [6, 6.07) is 0.904. The summed E-state index contributed by atoms with van der Waals surface area (Å²) >= 11 is 0. The summed E-state index contributed by atoms with van der Waals surface area (Å²) in [6.45, 7) is -0.743. The molecule has 0 bridgehead atoms. The van der Waals surface area contributed by atoms with Crippen molar-refractivity contribution < 1.29 is 36.0 Å². The first kappa shape index (κ1) is 15.3. The van der Waals surface area contributed by atoms with E-state index in [-0.39, 0.29) is 6.07 Å². The van der Waals surface area contributed by atoms with Crippen LogP contribution in [0.5, 0.6) is 0 Å². The molecule has 0 saturated carbocycles. The van der Waals surface area contributed by atoms with Gasteiger partial charge in [-0.1, -0.05) is 5.16 Å². The number of aliphatic hydroxyl groups is 1. The molecule has 1 aromatic carbocycles. The second-order valence-corrected chi connectivity index (χ2v) is 3.93. The zero-order valence-electron chi connectivity index (χ0n) is 9.96. The van der Waals surface area contributed by atoms with E-state index >= 15 is 0 Å². The summed E-state index contributed by atoms with van der Waals surface area (Å²) in [5.74, 6) is -1.09. The van der Waals surface area contributed by atoms with Gasteiger partial charge in [-0.3, -0.25) is 0 Å². The Labute approximate surface area is 113 Å². The minimum Gasteiger partial charge on any atom is -0.387 e. The fourth-order valence-electron chi connectivity index (χ4n) is 1.58. The van der Waals surface area contributed by atoms with E-state index in [0.717, 1.165) is 0 Å². The molecule has 114 valence electrons. The third-order valence-corrected chi connectivity index (χ3v) is 2.50. The number of benzene rings is 1. The molecule has 1 heterocycles. The summed E-state index contributed by atoms with van der Waals surface area (Å²) in [5.41, 5.74) is -3.48. The molecule has 0 aliphatic rings. The van der Waals surface area contributed by atoms with Gasteiger partial charge in [0.2, 0.25) is 5.82 Å². The summed E-state index contributed by atoms with van der Waals surface area (Å²) in [7, 11) is 0. The summed E-state index contributed by atoms with van der Waals surface area (Å²) in [5, 5.41) is 11.9. The van der Waals surface area contributed by atoms with E-state index in [0.29, 0.717) is 12.1 Å². The van der Waals surface area contributed by atoms with Gasteiger partial charge in [-0.15, -0.1) is 0 Å². The van der Waals surface area contributed by atoms with E-state index < -0.39 is 47.4 Å². The van der Waals surface area contributed by atoms with E-state index in [9.17, 15) is 26.3 Å². The first-order valence-electron chi connectivity index (χ1n) is 5.35. The van der Waals surface area contributed by atoms with Gasteiger partial charge in [-0.05, 0) is 18.2 Å². The number of halogens is 6. The lowest BCUT2D eigenvalue weighted by atomic mass is 10.0. The highest BCUT2D eigenvalue weighted by Gasteiger charge is 2.38. The minimum atomic E-state index is -4.89. The Morgan fingerprint density at radius 2 is 1.71 bits per heavy atom. The van der Waals surface area contributed by atoms with Gasteiger partial charge < -0.3 is 9.63 Å². The predicted molar refractivity (Wildman–Crippen MR) is 55.7 cm³/mol. The molecular formula is C11H6F6N2O2. The van der Waals surface area contributed by atoms with E-state index in [1.54, 1.807) is 0 Å². The van der Waals surface area contributed by atoms with Crippen LogP contribution in [-0.2, 0) is 19.0 Å². The summed E-state index contributed by atoms with van der Waals surface area (Å²) < 4.78 is 80.7. The largest absolute Gasteiger partial charge is 0.417 e. The van der Waals surface area contributed by atoms with Crippen molar-refractivity contribution in [1.82, 2.24) is 10.1 Å². The number of hydrogen-bond acceptors (Lipinski definition) is 4. The van der Waals surface area contributed by atoms with Gasteiger partial charge in [0.25, 0.3) is 5.89 Å². The monoisotopic (exact) mass is 312 g/mol. The van der Waals surface area contributed by atoms with E-state index in [2.05, 4.69) is 14.7 Å². The highest BCUT2D eigenvalue weighted by Crippen LogP contribution is 2.39. The standard InChI is InChI=1S/C11H6F6N2O2/c12-10(13,14)5-1-2-7(11(15,16)17)6(3-5)9-18-8(4-20)21-19-9/h1-3,20H,4H2. The summed E-state index contributed by atoms with van der Waals surface area (Å²) in [6.07, 6.45) is -9.71. The van der Waals surface area contributed by atoms with Crippen LogP contribution in [0.4, 0.5) is 26.3 Å². The molecule has 0 radical (unpaired) electrons. The van der Waals surface area contributed by atoms with Gasteiger partial charge in [0.1, 0.15) is 6.61 Å². The first-order valence-corrected chi connectivity index (χ1v) is 5.35. The van der Waals surface area contributed by atoms with Gasteiger partial charge in [-0.25, -0.2) is 0 Å². The molecule has 0 aliphatic carbocycles. The highest BCUT2D eigenvalue weighted by molar-refractivity contribution is 5.62. The summed E-state index contributed by atoms with van der Waals surface area (Å²) in [4.78, 5) is 3.40. The van der Waals surface area contributed by atoms with Crippen molar-refractivity contribution in [2.75, 3.05) is 0 Å². The quantitative estimate of drug-likeness (QED) is 0.865. The lowest BCUT2D eigenvalue weighted by Crippen LogP contribution is -2.11. The Kier molecular flexibility index (Phi) is 3.66. The van der Waals surface area contributed by atoms with Crippen LogP contribution < -0.4 is 0 Å². The Balaban J connectivity index is 2.64. The van der Waals surface area contributed by atoms with Crippen LogP contribution in [0.1, 0.15) is 17.0 Å². The number of hydrogen-bond donors (Lipinski definition) is 1. The molecule has 1 aromatic heterocycles. The van der Waals surface area contributed by atoms with Crippen molar-refractivity contribution in [3.05, 3.63) is 35.2 Å². The van der Waals surface area contributed by atoms with Crippen LogP contribution >= 0.6 is 0 Å². The molecule has 4 nitrogen and oxygen atoms in total. The molecule has 10 heteroatoms. The fourth-order valence-corrected chi connectivity index (χ4v) is 1.58. The Morgan fingerprint density at radius 1 is 1.05 bits per heavy atom. The lowest BCUT2D eigenvalue weighted by Gasteiger charge is -2.13. The van der Waals surface area contributed by atoms with Gasteiger partial charge in [0.05, 0.1) is 11.1 Å². The Morgan fingerprint density at radius 3 is 2.19 bits per heavy atom. The zero-order chi connectivity index (χ0) is 15.8. The van der Waals surface area contributed by atoms with E-state index in [4.69, 9.17) is 5.11 Å². The first-order chi connectivity index (χ1) is 9.63. The van der Waals surface area contributed by atoms with Gasteiger partial charge in [0, 0.05) is 5.56 Å². The third kappa shape index (κ3) is 3.15. The molecule has 0 aliphatic heterocycles. The normalized spacial score (nSPS) is 12.7. The fraction of sp³-hybridized carbons (Fsp3) is 0.273. The molecule has 21 heavy (non-hydrogen) atoms. The molecule has 0 fully saturated rings. The number of alkyl halides is 6. The van der Waals surface area contributed by atoms with Crippen LogP contribution in [0.2, 0.25) is 0 Å². The molecule has 1 N–H and O–H groups in total. The Hall–Kier alpha value is -2.10. The van der Waals surface area contributed by atoms with Crippen molar-refractivity contribution in [3.63, 3.8) is 0 Å². The Bertz CT molecular complexity index is 647. The average molecular weight is 312 g/mol. The molecule has 0 unspecified atom stereocenters. The van der Waals surface area contributed by atoms with Gasteiger partial charge in [-0.2, -0.15) is 31.3 Å². The number of aromatic nitrogens is 2. The maximum atomic E-state index is 12.8. The topological polar surface area (TPSA) is 59.2 Å². The average Bonchev–Trinajstić information content (AvgIpc) is 2.84. The maximum Gasteiger partial charge on any atom is 0.417 e. The van der Waals surface area contributed by atoms with Crippen LogP contribution in [0, 0.1) is 0 Å². The van der Waals surface area contributed by atoms with Crippen molar-refractivity contribution >= 4 is 0 Å². The maximum absolute atomic E-state index is 12.8. The number of aliphatic hydroxyl groups excluding tert-OH is 1. The number of rotatable bonds is 2. The van der Waals surface area contributed by atoms with Crippen LogP contribution in [0.3, 0.4) is 0 Å². The third-order valence-electron chi connectivity index (χ3n) is 2.50. The van der Waals surface area contributed by atoms with Crippen LogP contribution in [0.25, 0.3) is 11.4 Å². The van der Waals surface area contributed by atoms with Crippen LogP contribution in [0.15, 0.2) is 22.7 Å². The second kappa shape index (κ2) is 5.02. The van der Waals surface area contributed by atoms with Crippen molar-refractivity contribution in [2.45, 2.75) is 19.0 Å². The van der Waals surface area contributed by atoms with Crippen molar-refractivity contribution in [1.29, 1.82) is 0 Å². The van der Waals surface area contributed by atoms with E-state index in [1.807, 2.05) is 0 Å². The molecular weight excluding hydrogens is 306 g/mol. The van der Waals surface area contributed by atoms with E-state index in [1.165, 1.54) is 0 Å². The smallest absolute Gasteiger partial charge is 0.387 e. The molecule has 0 amide bonds. The predicted octanol–water partition coefficient (Wildman–Crippen LogP) is 3.27. The van der Waals surface area contributed by atoms with Gasteiger partial charge in [0.15, 0.2) is 0 Å². The highest BCUT2D eigenvalue weighted by atomic mass is 19.4. The minimum absolute atomic E-state index is 0.287. The SMILES string of the molecule is OCc1nc(-c2cc(C(F)(F)F)ccc2C(F)(F)F)no1. The number of nitrogens with zero attached hydrogens (tertiary/aromatic N) is 2. The molecule has 2 rings (SSSR count). The van der Waals surface area contributed by atoms with Crippen LogP contribution in [-0.4, -0.2) is 15.2 Å².